The van der Waals surface area contributed by atoms with Gasteiger partial charge in [0, 0.05) is 12.6 Å². The van der Waals surface area contributed by atoms with E-state index in [1.54, 1.807) is 0 Å². The number of nitrogens with zero attached hydrogens (tertiary/aromatic N) is 2. The van der Waals surface area contributed by atoms with E-state index in [1.807, 2.05) is 18.3 Å². The summed E-state index contributed by atoms with van der Waals surface area (Å²) in [5, 5.41) is 3.92. The summed E-state index contributed by atoms with van der Waals surface area (Å²) < 4.78 is 5.19. The van der Waals surface area contributed by atoms with Gasteiger partial charge in [0.15, 0.2) is 0 Å². The Bertz CT molecular complexity index is 417. The molecule has 5 nitrogen and oxygen atoms in total. The lowest BCUT2D eigenvalue weighted by Crippen LogP contribution is -2.15. The molecule has 0 spiro atoms. The SMILES string of the molecule is CCC(CN)Cc1nc(-c2ccc[nH]2)no1. The summed E-state index contributed by atoms with van der Waals surface area (Å²) in [7, 11) is 0. The lowest BCUT2D eigenvalue weighted by molar-refractivity contribution is 0.350. The molecular weight excluding hydrogens is 204 g/mol. The molecule has 0 fully saturated rings. The largest absolute Gasteiger partial charge is 0.359 e. The molecule has 1 unspecified atom stereocenters. The van der Waals surface area contributed by atoms with Crippen molar-refractivity contribution >= 4 is 0 Å². The molecule has 0 saturated heterocycles. The predicted octanol–water partition coefficient (Wildman–Crippen LogP) is 1.59. The van der Waals surface area contributed by atoms with Crippen molar-refractivity contribution in [3.05, 3.63) is 24.2 Å². The van der Waals surface area contributed by atoms with Crippen molar-refractivity contribution in [2.75, 3.05) is 6.54 Å². The van der Waals surface area contributed by atoms with Gasteiger partial charge in [-0.15, -0.1) is 0 Å². The number of H-pyrrole nitrogens is 1. The molecule has 0 aromatic carbocycles. The lowest BCUT2D eigenvalue weighted by atomic mass is 10.0. The summed E-state index contributed by atoms with van der Waals surface area (Å²) >= 11 is 0. The maximum absolute atomic E-state index is 5.64. The van der Waals surface area contributed by atoms with Gasteiger partial charge in [-0.05, 0) is 24.6 Å². The molecule has 3 N–H and O–H groups in total. The Kier molecular flexibility index (Phi) is 3.36. The Labute approximate surface area is 94.0 Å². The van der Waals surface area contributed by atoms with Crippen LogP contribution in [0.3, 0.4) is 0 Å². The van der Waals surface area contributed by atoms with Crippen LogP contribution in [0.1, 0.15) is 19.2 Å². The Morgan fingerprint density at radius 3 is 3.06 bits per heavy atom. The zero-order valence-corrected chi connectivity index (χ0v) is 9.31. The zero-order valence-electron chi connectivity index (χ0n) is 9.31. The third-order valence-corrected chi connectivity index (χ3v) is 2.68. The first-order valence-electron chi connectivity index (χ1n) is 5.50. The second-order valence-corrected chi connectivity index (χ2v) is 3.81. The molecule has 2 aromatic heterocycles. The van der Waals surface area contributed by atoms with Crippen molar-refractivity contribution in [3.63, 3.8) is 0 Å². The fourth-order valence-electron chi connectivity index (χ4n) is 1.56. The van der Waals surface area contributed by atoms with E-state index < -0.39 is 0 Å². The van der Waals surface area contributed by atoms with E-state index in [9.17, 15) is 0 Å². The van der Waals surface area contributed by atoms with E-state index in [0.717, 1.165) is 18.5 Å². The van der Waals surface area contributed by atoms with Crippen molar-refractivity contribution in [2.45, 2.75) is 19.8 Å². The third kappa shape index (κ3) is 2.30. The molecule has 2 aromatic rings. The minimum atomic E-state index is 0.414. The van der Waals surface area contributed by atoms with Crippen molar-refractivity contribution in [1.82, 2.24) is 15.1 Å². The van der Waals surface area contributed by atoms with E-state index in [4.69, 9.17) is 10.3 Å². The first-order valence-corrected chi connectivity index (χ1v) is 5.50. The van der Waals surface area contributed by atoms with Crippen LogP contribution in [-0.2, 0) is 6.42 Å². The highest BCUT2D eigenvalue weighted by Crippen LogP contribution is 2.15. The summed E-state index contributed by atoms with van der Waals surface area (Å²) in [6.07, 6.45) is 3.61. The smallest absolute Gasteiger partial charge is 0.227 e. The second-order valence-electron chi connectivity index (χ2n) is 3.81. The molecule has 2 rings (SSSR count). The van der Waals surface area contributed by atoms with Crippen LogP contribution in [0, 0.1) is 5.92 Å². The van der Waals surface area contributed by atoms with Gasteiger partial charge in [-0.3, -0.25) is 0 Å². The average Bonchev–Trinajstić information content (AvgIpc) is 2.96. The Morgan fingerprint density at radius 1 is 1.56 bits per heavy atom. The van der Waals surface area contributed by atoms with E-state index in [2.05, 4.69) is 22.0 Å². The highest BCUT2D eigenvalue weighted by molar-refractivity contribution is 5.47. The number of rotatable bonds is 5. The second kappa shape index (κ2) is 4.94. The van der Waals surface area contributed by atoms with Gasteiger partial charge in [0.1, 0.15) is 0 Å². The average molecular weight is 220 g/mol. The molecule has 0 aliphatic rings. The van der Waals surface area contributed by atoms with Gasteiger partial charge in [0.05, 0.1) is 5.69 Å². The summed E-state index contributed by atoms with van der Waals surface area (Å²) in [5.74, 6) is 1.67. The minimum Gasteiger partial charge on any atom is -0.359 e. The maximum atomic E-state index is 5.64. The van der Waals surface area contributed by atoms with Gasteiger partial charge < -0.3 is 15.2 Å². The van der Waals surface area contributed by atoms with Crippen LogP contribution >= 0.6 is 0 Å². The van der Waals surface area contributed by atoms with Gasteiger partial charge in [0.2, 0.25) is 11.7 Å². The number of nitrogens with two attached hydrogens (primary N) is 1. The van der Waals surface area contributed by atoms with Crippen molar-refractivity contribution < 1.29 is 4.52 Å². The van der Waals surface area contributed by atoms with Gasteiger partial charge in [-0.25, -0.2) is 0 Å². The number of hydrogen-bond acceptors (Lipinski definition) is 4. The molecule has 0 amide bonds. The fourth-order valence-corrected chi connectivity index (χ4v) is 1.56. The van der Waals surface area contributed by atoms with Crippen LogP contribution in [-0.4, -0.2) is 21.7 Å². The fraction of sp³-hybridized carbons (Fsp3) is 0.455. The van der Waals surface area contributed by atoms with Crippen LogP contribution in [0.4, 0.5) is 0 Å². The molecule has 0 bridgehead atoms. The number of aromatic nitrogens is 3. The standard InChI is InChI=1S/C11H16N4O/c1-2-8(7-12)6-10-14-11(15-16-10)9-4-3-5-13-9/h3-5,8,13H,2,6-7,12H2,1H3. The highest BCUT2D eigenvalue weighted by atomic mass is 16.5. The first kappa shape index (κ1) is 10.9. The molecule has 5 heteroatoms. The number of aromatic amines is 1. The van der Waals surface area contributed by atoms with Gasteiger partial charge in [0.25, 0.3) is 0 Å². The van der Waals surface area contributed by atoms with Crippen molar-refractivity contribution in [2.24, 2.45) is 11.7 Å². The van der Waals surface area contributed by atoms with Gasteiger partial charge in [-0.1, -0.05) is 18.5 Å². The van der Waals surface area contributed by atoms with Crippen LogP contribution in [0.5, 0.6) is 0 Å². The predicted molar refractivity (Wildman–Crippen MR) is 60.6 cm³/mol. The quantitative estimate of drug-likeness (QED) is 0.801. The number of hydrogen-bond donors (Lipinski definition) is 2. The maximum Gasteiger partial charge on any atom is 0.227 e. The van der Waals surface area contributed by atoms with Crippen molar-refractivity contribution in [1.29, 1.82) is 0 Å². The summed E-state index contributed by atoms with van der Waals surface area (Å²) in [5.41, 5.74) is 6.51. The Morgan fingerprint density at radius 2 is 2.44 bits per heavy atom. The topological polar surface area (TPSA) is 80.7 Å². The van der Waals surface area contributed by atoms with E-state index in [1.165, 1.54) is 0 Å². The normalized spacial score (nSPS) is 12.9. The lowest BCUT2D eigenvalue weighted by Gasteiger charge is -2.07. The molecule has 0 saturated carbocycles. The molecular formula is C11H16N4O. The Balaban J connectivity index is 2.08. The van der Waals surface area contributed by atoms with E-state index in [0.29, 0.717) is 24.2 Å². The molecule has 1 atom stereocenters. The third-order valence-electron chi connectivity index (χ3n) is 2.68. The minimum absolute atomic E-state index is 0.414. The van der Waals surface area contributed by atoms with Crippen LogP contribution in [0.15, 0.2) is 22.9 Å². The summed E-state index contributed by atoms with van der Waals surface area (Å²) in [4.78, 5) is 7.36. The van der Waals surface area contributed by atoms with E-state index in [-0.39, 0.29) is 0 Å². The van der Waals surface area contributed by atoms with Gasteiger partial charge in [-0.2, -0.15) is 4.98 Å². The van der Waals surface area contributed by atoms with Gasteiger partial charge >= 0.3 is 0 Å². The molecule has 86 valence electrons. The van der Waals surface area contributed by atoms with E-state index >= 15 is 0 Å². The molecule has 16 heavy (non-hydrogen) atoms. The number of nitrogens with one attached hydrogen (secondary N) is 1. The highest BCUT2D eigenvalue weighted by Gasteiger charge is 2.13. The summed E-state index contributed by atoms with van der Waals surface area (Å²) in [6, 6.07) is 3.81. The molecule has 2 heterocycles. The monoisotopic (exact) mass is 220 g/mol. The van der Waals surface area contributed by atoms with Crippen LogP contribution < -0.4 is 5.73 Å². The zero-order chi connectivity index (χ0) is 11.4. The summed E-state index contributed by atoms with van der Waals surface area (Å²) in [6.45, 7) is 2.76. The Hall–Kier alpha value is -1.62. The molecule has 0 aliphatic heterocycles. The first-order chi connectivity index (χ1) is 7.83. The van der Waals surface area contributed by atoms with Crippen LogP contribution in [0.25, 0.3) is 11.5 Å². The molecule has 0 radical (unpaired) electrons. The van der Waals surface area contributed by atoms with Crippen molar-refractivity contribution in [3.8, 4) is 11.5 Å². The molecule has 0 aliphatic carbocycles. The van der Waals surface area contributed by atoms with Crippen LogP contribution in [0.2, 0.25) is 0 Å².